The van der Waals surface area contributed by atoms with Crippen LogP contribution in [0.2, 0.25) is 0 Å². The lowest BCUT2D eigenvalue weighted by molar-refractivity contribution is -0.119. The fraction of sp³-hybridized carbons (Fsp3) is 0.417. The minimum absolute atomic E-state index is 0.193. The van der Waals surface area contributed by atoms with Gasteiger partial charge in [0.2, 0.25) is 0 Å². The molecule has 0 amide bonds. The van der Waals surface area contributed by atoms with Crippen molar-refractivity contribution in [1.82, 2.24) is 0 Å². The van der Waals surface area contributed by atoms with E-state index in [4.69, 9.17) is 4.74 Å². The van der Waals surface area contributed by atoms with Crippen LogP contribution in [0.1, 0.15) is 18.4 Å². The number of hydrogen-bond acceptors (Lipinski definition) is 2. The average Bonchev–Trinajstić information content (AvgIpc) is 3.01. The van der Waals surface area contributed by atoms with E-state index in [0.717, 1.165) is 12.8 Å². The molecule has 1 aliphatic carbocycles. The van der Waals surface area contributed by atoms with Crippen molar-refractivity contribution in [2.24, 2.45) is 5.92 Å². The van der Waals surface area contributed by atoms with Gasteiger partial charge in [-0.3, -0.25) is 4.79 Å². The Hall–Kier alpha value is -1.38. The van der Waals surface area contributed by atoms with Crippen molar-refractivity contribution in [3.63, 3.8) is 0 Å². The fourth-order valence-corrected chi connectivity index (χ4v) is 1.62. The first-order valence-electron chi connectivity index (χ1n) is 5.06. The molecule has 1 saturated carbocycles. The van der Waals surface area contributed by atoms with Gasteiger partial charge < -0.3 is 4.74 Å². The molecule has 1 aliphatic rings. The molecule has 2 rings (SSSR count). The molecule has 0 bridgehead atoms. The lowest BCUT2D eigenvalue weighted by Crippen LogP contribution is -2.06. The Balaban J connectivity index is 2.17. The van der Waals surface area contributed by atoms with E-state index in [2.05, 4.69) is 0 Å². The number of carbonyl (C=O) groups excluding carboxylic acids is 1. The summed E-state index contributed by atoms with van der Waals surface area (Å²) in [4.78, 5) is 11.6. The Morgan fingerprint density at radius 1 is 1.53 bits per heavy atom. The lowest BCUT2D eigenvalue weighted by atomic mass is 10.1. The summed E-state index contributed by atoms with van der Waals surface area (Å²) in [6.45, 7) is 0. The van der Waals surface area contributed by atoms with Gasteiger partial charge in [0, 0.05) is 17.9 Å². The molecule has 3 heteroatoms. The van der Waals surface area contributed by atoms with Gasteiger partial charge in [-0.2, -0.15) is 0 Å². The minimum atomic E-state index is -0.325. The molecule has 2 nitrogen and oxygen atoms in total. The summed E-state index contributed by atoms with van der Waals surface area (Å²) in [6, 6.07) is 4.27. The van der Waals surface area contributed by atoms with E-state index in [-0.39, 0.29) is 23.9 Å². The quantitative estimate of drug-likeness (QED) is 0.759. The van der Waals surface area contributed by atoms with Gasteiger partial charge in [-0.25, -0.2) is 4.39 Å². The number of ketones is 1. The Morgan fingerprint density at radius 3 is 2.87 bits per heavy atom. The molecule has 1 fully saturated rings. The van der Waals surface area contributed by atoms with Crippen LogP contribution >= 0.6 is 0 Å². The second kappa shape index (κ2) is 4.01. The number of Topliss-reactive ketones (excluding diaryl/α,β-unsaturated/α-hetero) is 1. The highest BCUT2D eigenvalue weighted by Gasteiger charge is 2.29. The summed E-state index contributed by atoms with van der Waals surface area (Å²) in [6.07, 6.45) is 2.25. The van der Waals surface area contributed by atoms with Crippen molar-refractivity contribution in [3.8, 4) is 5.75 Å². The molecule has 15 heavy (non-hydrogen) atoms. The van der Waals surface area contributed by atoms with E-state index in [9.17, 15) is 9.18 Å². The molecule has 0 N–H and O–H groups in total. The topological polar surface area (TPSA) is 26.3 Å². The van der Waals surface area contributed by atoms with Crippen molar-refractivity contribution in [1.29, 1.82) is 0 Å². The summed E-state index contributed by atoms with van der Waals surface area (Å²) < 4.78 is 18.1. The number of rotatable bonds is 4. The maximum atomic E-state index is 13.0. The van der Waals surface area contributed by atoms with E-state index in [0.29, 0.717) is 11.3 Å². The van der Waals surface area contributed by atoms with E-state index in [1.807, 2.05) is 0 Å². The first-order valence-corrected chi connectivity index (χ1v) is 5.06. The summed E-state index contributed by atoms with van der Waals surface area (Å²) in [5, 5.41) is 0. The van der Waals surface area contributed by atoms with Crippen molar-refractivity contribution < 1.29 is 13.9 Å². The number of benzene rings is 1. The average molecular weight is 208 g/mol. The molecule has 0 spiro atoms. The van der Waals surface area contributed by atoms with Gasteiger partial charge in [-0.15, -0.1) is 0 Å². The zero-order valence-corrected chi connectivity index (χ0v) is 8.63. The predicted octanol–water partition coefficient (Wildman–Crippen LogP) is 2.36. The first kappa shape index (κ1) is 10.1. The van der Waals surface area contributed by atoms with Gasteiger partial charge in [-0.1, -0.05) is 0 Å². The number of methoxy groups -OCH3 is 1. The molecule has 1 aromatic rings. The smallest absolute Gasteiger partial charge is 0.140 e. The Bertz CT molecular complexity index is 383. The van der Waals surface area contributed by atoms with Crippen LogP contribution in [0.5, 0.6) is 5.75 Å². The molecule has 0 unspecified atom stereocenters. The maximum Gasteiger partial charge on any atom is 0.140 e. The van der Waals surface area contributed by atoms with E-state index >= 15 is 0 Å². The highest BCUT2D eigenvalue weighted by molar-refractivity contribution is 5.85. The van der Waals surface area contributed by atoms with Crippen LogP contribution in [0.25, 0.3) is 0 Å². The zero-order valence-electron chi connectivity index (χ0n) is 8.63. The SMILES string of the molecule is COc1ccc(F)cc1CC(=O)C1CC1. The number of ether oxygens (including phenoxy) is 1. The highest BCUT2D eigenvalue weighted by Crippen LogP contribution is 2.32. The van der Waals surface area contributed by atoms with Crippen LogP contribution in [0, 0.1) is 11.7 Å². The summed E-state index contributed by atoms with van der Waals surface area (Å²) in [5.41, 5.74) is 0.648. The van der Waals surface area contributed by atoms with Gasteiger partial charge >= 0.3 is 0 Å². The molecular formula is C12H13FO2. The third kappa shape index (κ3) is 2.35. The first-order chi connectivity index (χ1) is 7.20. The third-order valence-corrected chi connectivity index (χ3v) is 2.64. The molecular weight excluding hydrogens is 195 g/mol. The van der Waals surface area contributed by atoms with Gasteiger partial charge in [0.05, 0.1) is 7.11 Å². The molecule has 0 aromatic heterocycles. The molecule has 0 heterocycles. The highest BCUT2D eigenvalue weighted by atomic mass is 19.1. The van der Waals surface area contributed by atoms with E-state index in [1.165, 1.54) is 19.2 Å². The van der Waals surface area contributed by atoms with Crippen LogP contribution in [0.3, 0.4) is 0 Å². The summed E-state index contributed by atoms with van der Waals surface area (Å²) in [5.74, 6) is 0.664. The Labute approximate surface area is 88.1 Å². The molecule has 0 radical (unpaired) electrons. The largest absolute Gasteiger partial charge is 0.496 e. The predicted molar refractivity (Wildman–Crippen MR) is 54.4 cm³/mol. The zero-order chi connectivity index (χ0) is 10.8. The second-order valence-corrected chi connectivity index (χ2v) is 3.87. The van der Waals surface area contributed by atoms with Gasteiger partial charge in [0.1, 0.15) is 17.3 Å². The van der Waals surface area contributed by atoms with Crippen molar-refractivity contribution in [3.05, 3.63) is 29.6 Å². The standard InChI is InChI=1S/C12H13FO2/c1-15-12-5-4-10(13)6-9(12)7-11(14)8-2-3-8/h4-6,8H,2-3,7H2,1H3. The van der Waals surface area contributed by atoms with Gasteiger partial charge in [-0.05, 0) is 31.0 Å². The number of carbonyl (C=O) groups is 1. The number of halogens is 1. The number of hydrogen-bond donors (Lipinski definition) is 0. The fourth-order valence-electron chi connectivity index (χ4n) is 1.62. The van der Waals surface area contributed by atoms with Crippen LogP contribution in [-0.4, -0.2) is 12.9 Å². The Kier molecular flexibility index (Phi) is 2.71. The minimum Gasteiger partial charge on any atom is -0.496 e. The second-order valence-electron chi connectivity index (χ2n) is 3.87. The van der Waals surface area contributed by atoms with Crippen LogP contribution in [0.15, 0.2) is 18.2 Å². The molecule has 80 valence electrons. The molecule has 0 aliphatic heterocycles. The summed E-state index contributed by atoms with van der Waals surface area (Å²) in [7, 11) is 1.53. The Morgan fingerprint density at radius 2 is 2.27 bits per heavy atom. The van der Waals surface area contributed by atoms with Crippen molar-refractivity contribution in [2.75, 3.05) is 7.11 Å². The molecule has 1 aromatic carbocycles. The maximum absolute atomic E-state index is 13.0. The van der Waals surface area contributed by atoms with Gasteiger partial charge in [0.25, 0.3) is 0 Å². The normalized spacial score (nSPS) is 15.1. The molecule has 0 atom stereocenters. The van der Waals surface area contributed by atoms with E-state index < -0.39 is 0 Å². The van der Waals surface area contributed by atoms with Crippen LogP contribution in [0.4, 0.5) is 4.39 Å². The van der Waals surface area contributed by atoms with Crippen LogP contribution in [-0.2, 0) is 11.2 Å². The summed E-state index contributed by atoms with van der Waals surface area (Å²) >= 11 is 0. The van der Waals surface area contributed by atoms with E-state index in [1.54, 1.807) is 6.07 Å². The third-order valence-electron chi connectivity index (χ3n) is 2.64. The van der Waals surface area contributed by atoms with Crippen LogP contribution < -0.4 is 4.74 Å². The monoisotopic (exact) mass is 208 g/mol. The van der Waals surface area contributed by atoms with Crippen molar-refractivity contribution >= 4 is 5.78 Å². The van der Waals surface area contributed by atoms with Crippen molar-refractivity contribution in [2.45, 2.75) is 19.3 Å². The molecule has 0 saturated heterocycles. The van der Waals surface area contributed by atoms with Gasteiger partial charge in [0.15, 0.2) is 0 Å². The lowest BCUT2D eigenvalue weighted by Gasteiger charge is -2.07.